The number of nitrogen functional groups attached to an aromatic ring is 1. The van der Waals surface area contributed by atoms with Gasteiger partial charge in [-0.05, 0) is 32.0 Å². The van der Waals surface area contributed by atoms with Crippen LogP contribution in [0, 0.1) is 0 Å². The molecule has 0 unspecified atom stereocenters. The molecule has 1 aromatic carbocycles. The lowest BCUT2D eigenvalue weighted by molar-refractivity contribution is -0.0586. The summed E-state index contributed by atoms with van der Waals surface area (Å²) >= 11 is 0. The lowest BCUT2D eigenvalue weighted by Crippen LogP contribution is -2.48. The SMILES string of the molecule is COc1cc(C(=O)N2C[C@@H](C)O[C@@H](C)C2)ccc1N. The Morgan fingerprint density at radius 1 is 1.37 bits per heavy atom. The smallest absolute Gasteiger partial charge is 0.254 e. The fraction of sp³-hybridized carbons (Fsp3) is 0.500. The third-order valence-electron chi connectivity index (χ3n) is 3.19. The first-order valence-electron chi connectivity index (χ1n) is 6.39. The van der Waals surface area contributed by atoms with Gasteiger partial charge in [0.2, 0.25) is 0 Å². The molecule has 1 amide bonds. The van der Waals surface area contributed by atoms with E-state index in [1.165, 1.54) is 0 Å². The van der Waals surface area contributed by atoms with Crippen LogP contribution in [0.1, 0.15) is 24.2 Å². The van der Waals surface area contributed by atoms with E-state index in [4.69, 9.17) is 15.2 Å². The summed E-state index contributed by atoms with van der Waals surface area (Å²) in [5.41, 5.74) is 6.87. The van der Waals surface area contributed by atoms with E-state index >= 15 is 0 Å². The molecule has 1 saturated heterocycles. The Labute approximate surface area is 113 Å². The number of carbonyl (C=O) groups excluding carboxylic acids is 1. The highest BCUT2D eigenvalue weighted by Gasteiger charge is 2.26. The Morgan fingerprint density at radius 2 is 2.00 bits per heavy atom. The second-order valence-electron chi connectivity index (χ2n) is 4.92. The molecular formula is C14H20N2O3. The molecule has 1 heterocycles. The molecule has 1 aromatic rings. The Morgan fingerprint density at radius 3 is 2.58 bits per heavy atom. The third kappa shape index (κ3) is 2.98. The van der Waals surface area contributed by atoms with Gasteiger partial charge in [0.05, 0.1) is 25.0 Å². The zero-order valence-corrected chi connectivity index (χ0v) is 11.6. The molecule has 0 bridgehead atoms. The highest BCUT2D eigenvalue weighted by Crippen LogP contribution is 2.23. The van der Waals surface area contributed by atoms with E-state index in [0.29, 0.717) is 30.1 Å². The van der Waals surface area contributed by atoms with Gasteiger partial charge < -0.3 is 20.1 Å². The van der Waals surface area contributed by atoms with Gasteiger partial charge in [-0.2, -0.15) is 0 Å². The molecule has 0 saturated carbocycles. The molecule has 0 aromatic heterocycles. The molecular weight excluding hydrogens is 244 g/mol. The molecule has 0 radical (unpaired) electrons. The lowest BCUT2D eigenvalue weighted by atomic mass is 10.1. The number of nitrogens with zero attached hydrogens (tertiary/aromatic N) is 1. The fourth-order valence-corrected chi connectivity index (χ4v) is 2.37. The van der Waals surface area contributed by atoms with Gasteiger partial charge in [0, 0.05) is 18.7 Å². The summed E-state index contributed by atoms with van der Waals surface area (Å²) in [6.07, 6.45) is 0.117. The van der Waals surface area contributed by atoms with E-state index in [1.54, 1.807) is 25.3 Å². The minimum atomic E-state index is -0.0136. The van der Waals surface area contributed by atoms with Crippen molar-refractivity contribution < 1.29 is 14.3 Å². The van der Waals surface area contributed by atoms with Crippen LogP contribution in [-0.2, 0) is 4.74 Å². The first-order valence-corrected chi connectivity index (χ1v) is 6.39. The van der Waals surface area contributed by atoms with Gasteiger partial charge in [-0.25, -0.2) is 0 Å². The molecule has 19 heavy (non-hydrogen) atoms. The summed E-state index contributed by atoms with van der Waals surface area (Å²) in [5.74, 6) is 0.514. The van der Waals surface area contributed by atoms with Crippen molar-refractivity contribution in [2.45, 2.75) is 26.1 Å². The monoisotopic (exact) mass is 264 g/mol. The van der Waals surface area contributed by atoms with Gasteiger partial charge in [0.25, 0.3) is 5.91 Å². The van der Waals surface area contributed by atoms with Crippen molar-refractivity contribution >= 4 is 11.6 Å². The molecule has 104 valence electrons. The molecule has 2 N–H and O–H groups in total. The van der Waals surface area contributed by atoms with Crippen LogP contribution < -0.4 is 10.5 Å². The van der Waals surface area contributed by atoms with Gasteiger partial charge in [-0.15, -0.1) is 0 Å². The average Bonchev–Trinajstić information content (AvgIpc) is 2.37. The number of morpholine rings is 1. The summed E-state index contributed by atoms with van der Waals surface area (Å²) in [4.78, 5) is 14.3. The number of anilines is 1. The summed E-state index contributed by atoms with van der Waals surface area (Å²) < 4.78 is 10.8. The predicted molar refractivity (Wildman–Crippen MR) is 73.3 cm³/mol. The standard InChI is InChI=1S/C14H20N2O3/c1-9-7-16(8-10(2)19-9)14(17)11-4-5-12(15)13(6-11)18-3/h4-6,9-10H,7-8,15H2,1-3H3/t9-,10+. The van der Waals surface area contributed by atoms with E-state index in [0.717, 1.165) is 0 Å². The molecule has 5 heteroatoms. The van der Waals surface area contributed by atoms with Crippen LogP contribution in [0.2, 0.25) is 0 Å². The summed E-state index contributed by atoms with van der Waals surface area (Å²) in [6.45, 7) is 5.16. The van der Waals surface area contributed by atoms with Gasteiger partial charge in [0.15, 0.2) is 0 Å². The molecule has 1 aliphatic rings. The van der Waals surface area contributed by atoms with Gasteiger partial charge >= 0.3 is 0 Å². The largest absolute Gasteiger partial charge is 0.495 e. The zero-order valence-electron chi connectivity index (χ0n) is 11.6. The maximum Gasteiger partial charge on any atom is 0.254 e. The Bertz CT molecular complexity index is 466. The minimum absolute atomic E-state index is 0.0136. The number of nitrogens with two attached hydrogens (primary N) is 1. The van der Waals surface area contributed by atoms with Crippen LogP contribution in [0.25, 0.3) is 0 Å². The number of carbonyl (C=O) groups is 1. The number of benzene rings is 1. The molecule has 0 spiro atoms. The summed E-state index contributed by atoms with van der Waals surface area (Å²) in [6, 6.07) is 5.10. The van der Waals surface area contributed by atoms with Gasteiger partial charge in [0.1, 0.15) is 5.75 Å². The van der Waals surface area contributed by atoms with E-state index in [9.17, 15) is 4.79 Å². The van der Waals surface area contributed by atoms with Gasteiger partial charge in [-0.1, -0.05) is 0 Å². The predicted octanol–water partition coefficient (Wildman–Crippen LogP) is 1.53. The Kier molecular flexibility index (Phi) is 3.95. The van der Waals surface area contributed by atoms with Crippen molar-refractivity contribution in [2.75, 3.05) is 25.9 Å². The number of amides is 1. The average molecular weight is 264 g/mol. The number of rotatable bonds is 2. The van der Waals surface area contributed by atoms with E-state index in [1.807, 2.05) is 18.7 Å². The fourth-order valence-electron chi connectivity index (χ4n) is 2.37. The molecule has 1 fully saturated rings. The second kappa shape index (κ2) is 5.48. The molecule has 5 nitrogen and oxygen atoms in total. The van der Waals surface area contributed by atoms with Crippen LogP contribution >= 0.6 is 0 Å². The number of hydrogen-bond acceptors (Lipinski definition) is 4. The van der Waals surface area contributed by atoms with Crippen molar-refractivity contribution in [1.82, 2.24) is 4.90 Å². The van der Waals surface area contributed by atoms with Crippen molar-refractivity contribution in [3.05, 3.63) is 23.8 Å². The van der Waals surface area contributed by atoms with Crippen LogP contribution in [0.3, 0.4) is 0 Å². The topological polar surface area (TPSA) is 64.8 Å². The van der Waals surface area contributed by atoms with Crippen molar-refractivity contribution in [2.24, 2.45) is 0 Å². The molecule has 2 rings (SSSR count). The normalized spacial score (nSPS) is 23.2. The highest BCUT2D eigenvalue weighted by molar-refractivity contribution is 5.95. The van der Waals surface area contributed by atoms with E-state index in [-0.39, 0.29) is 18.1 Å². The number of hydrogen-bond donors (Lipinski definition) is 1. The third-order valence-corrected chi connectivity index (χ3v) is 3.19. The maximum absolute atomic E-state index is 12.4. The number of ether oxygens (including phenoxy) is 2. The van der Waals surface area contributed by atoms with Crippen LogP contribution in [0.5, 0.6) is 5.75 Å². The Balaban J connectivity index is 2.19. The van der Waals surface area contributed by atoms with Crippen LogP contribution in [0.15, 0.2) is 18.2 Å². The maximum atomic E-state index is 12.4. The number of methoxy groups -OCH3 is 1. The Hall–Kier alpha value is -1.75. The second-order valence-corrected chi connectivity index (χ2v) is 4.92. The first-order chi connectivity index (χ1) is 9.01. The molecule has 1 aliphatic heterocycles. The highest BCUT2D eigenvalue weighted by atomic mass is 16.5. The van der Waals surface area contributed by atoms with Crippen molar-refractivity contribution in [1.29, 1.82) is 0 Å². The lowest BCUT2D eigenvalue weighted by Gasteiger charge is -2.35. The quantitative estimate of drug-likeness (QED) is 0.823. The van der Waals surface area contributed by atoms with E-state index < -0.39 is 0 Å². The summed E-state index contributed by atoms with van der Waals surface area (Å²) in [5, 5.41) is 0. The van der Waals surface area contributed by atoms with Crippen molar-refractivity contribution in [3.63, 3.8) is 0 Å². The molecule has 0 aliphatic carbocycles. The zero-order chi connectivity index (χ0) is 14.0. The first kappa shape index (κ1) is 13.7. The van der Waals surface area contributed by atoms with Gasteiger partial charge in [-0.3, -0.25) is 4.79 Å². The van der Waals surface area contributed by atoms with Crippen LogP contribution in [0.4, 0.5) is 5.69 Å². The van der Waals surface area contributed by atoms with Crippen molar-refractivity contribution in [3.8, 4) is 5.75 Å². The summed E-state index contributed by atoms with van der Waals surface area (Å²) in [7, 11) is 1.54. The minimum Gasteiger partial charge on any atom is -0.495 e. The van der Waals surface area contributed by atoms with Crippen LogP contribution in [-0.4, -0.2) is 43.2 Å². The van der Waals surface area contributed by atoms with E-state index in [2.05, 4.69) is 0 Å². The molecule has 2 atom stereocenters.